The molecular formula is C28H35FN2O5S. The summed E-state index contributed by atoms with van der Waals surface area (Å²) in [4.78, 5) is 28.7. The maximum Gasteiger partial charge on any atom is 0.251 e. The van der Waals surface area contributed by atoms with Crippen molar-refractivity contribution in [3.8, 4) is 5.75 Å². The first-order chi connectivity index (χ1) is 17.4. The molecule has 200 valence electrons. The van der Waals surface area contributed by atoms with E-state index in [0.717, 1.165) is 5.56 Å². The van der Waals surface area contributed by atoms with Crippen LogP contribution in [0, 0.1) is 11.7 Å². The van der Waals surface area contributed by atoms with Crippen molar-refractivity contribution in [1.82, 2.24) is 4.90 Å². The lowest BCUT2D eigenvalue weighted by Crippen LogP contribution is -2.46. The van der Waals surface area contributed by atoms with Crippen molar-refractivity contribution in [1.29, 1.82) is 0 Å². The zero-order chi connectivity index (χ0) is 27.0. The third-order valence-corrected chi connectivity index (χ3v) is 9.04. The van der Waals surface area contributed by atoms with E-state index in [2.05, 4.69) is 5.32 Å². The number of hydrogen-bond acceptors (Lipinski definition) is 5. The van der Waals surface area contributed by atoms with Gasteiger partial charge in [0.1, 0.15) is 27.4 Å². The number of ether oxygens (including phenoxy) is 1. The van der Waals surface area contributed by atoms with E-state index in [1.165, 1.54) is 6.07 Å². The van der Waals surface area contributed by atoms with Crippen LogP contribution < -0.4 is 10.1 Å². The Kier molecular flexibility index (Phi) is 7.65. The van der Waals surface area contributed by atoms with Crippen molar-refractivity contribution in [3.05, 3.63) is 58.9 Å². The van der Waals surface area contributed by atoms with Gasteiger partial charge in [-0.15, -0.1) is 0 Å². The highest BCUT2D eigenvalue weighted by Gasteiger charge is 2.37. The lowest BCUT2D eigenvalue weighted by molar-refractivity contribution is -0.140. The second-order valence-corrected chi connectivity index (χ2v) is 13.3. The number of fused-ring (bicyclic) bond motifs is 1. The number of anilines is 1. The molecule has 1 fully saturated rings. The number of hydrogen-bond donors (Lipinski definition) is 1. The molecule has 4 rings (SSSR count). The Bertz CT molecular complexity index is 1290. The number of carbonyl (C=O) groups excluding carboxylic acids is 2. The minimum absolute atomic E-state index is 0.0314. The summed E-state index contributed by atoms with van der Waals surface area (Å²) >= 11 is 0. The molecule has 1 unspecified atom stereocenters. The maximum absolute atomic E-state index is 14.8. The fraction of sp³-hybridized carbons (Fsp3) is 0.500. The summed E-state index contributed by atoms with van der Waals surface area (Å²) in [5.74, 6) is -0.189. The van der Waals surface area contributed by atoms with Crippen LogP contribution in [0.1, 0.15) is 62.8 Å². The van der Waals surface area contributed by atoms with E-state index >= 15 is 0 Å². The van der Waals surface area contributed by atoms with E-state index in [-0.39, 0.29) is 35.2 Å². The molecule has 2 aliphatic rings. The number of benzene rings is 2. The lowest BCUT2D eigenvalue weighted by atomic mass is 9.86. The molecule has 2 aromatic rings. The van der Waals surface area contributed by atoms with Crippen LogP contribution in [-0.4, -0.2) is 50.3 Å². The van der Waals surface area contributed by atoms with E-state index in [4.69, 9.17) is 4.74 Å². The number of rotatable bonds is 5. The Hall–Kier alpha value is -2.94. The van der Waals surface area contributed by atoms with Gasteiger partial charge in [0.05, 0.1) is 18.6 Å². The van der Waals surface area contributed by atoms with Gasteiger partial charge in [0.25, 0.3) is 5.91 Å². The van der Waals surface area contributed by atoms with Gasteiger partial charge in [0, 0.05) is 18.7 Å². The molecule has 0 spiro atoms. The third-order valence-electron chi connectivity index (χ3n) is 7.33. The van der Waals surface area contributed by atoms with E-state index in [9.17, 15) is 22.4 Å². The minimum Gasteiger partial charge on any atom is -0.497 e. The fourth-order valence-electron chi connectivity index (χ4n) is 5.20. The smallest absolute Gasteiger partial charge is 0.251 e. The second kappa shape index (κ2) is 10.4. The van der Waals surface area contributed by atoms with Crippen LogP contribution in [-0.2, 0) is 31.3 Å². The summed E-state index contributed by atoms with van der Waals surface area (Å²) in [6.45, 7) is 6.10. The van der Waals surface area contributed by atoms with Gasteiger partial charge in [0.2, 0.25) is 5.91 Å². The Morgan fingerprint density at radius 2 is 1.81 bits per heavy atom. The molecular weight excluding hydrogens is 495 g/mol. The molecule has 0 aliphatic carbocycles. The molecule has 2 aromatic carbocycles. The predicted molar refractivity (Wildman–Crippen MR) is 141 cm³/mol. The van der Waals surface area contributed by atoms with E-state index in [0.29, 0.717) is 48.4 Å². The molecule has 0 radical (unpaired) electrons. The minimum atomic E-state index is -3.03. The molecule has 2 aliphatic heterocycles. The lowest BCUT2D eigenvalue weighted by Gasteiger charge is -2.37. The van der Waals surface area contributed by atoms with Gasteiger partial charge in [-0.05, 0) is 71.6 Å². The van der Waals surface area contributed by atoms with E-state index in [1.807, 2.05) is 26.8 Å². The van der Waals surface area contributed by atoms with Crippen molar-refractivity contribution < 1.29 is 27.1 Å². The molecule has 0 saturated carbocycles. The predicted octanol–water partition coefficient (Wildman–Crippen LogP) is 4.41. The Morgan fingerprint density at radius 1 is 1.11 bits per heavy atom. The average Bonchev–Trinajstić information content (AvgIpc) is 2.83. The average molecular weight is 531 g/mol. The number of sulfone groups is 1. The summed E-state index contributed by atoms with van der Waals surface area (Å²) in [7, 11) is -1.46. The van der Waals surface area contributed by atoms with Crippen LogP contribution in [0.25, 0.3) is 0 Å². The summed E-state index contributed by atoms with van der Waals surface area (Å²) < 4.78 is 43.8. The highest BCUT2D eigenvalue weighted by molar-refractivity contribution is 7.91. The quantitative estimate of drug-likeness (QED) is 0.618. The monoisotopic (exact) mass is 530 g/mol. The van der Waals surface area contributed by atoms with Gasteiger partial charge in [0.15, 0.2) is 0 Å². The normalized spacial score (nSPS) is 19.7. The van der Waals surface area contributed by atoms with Crippen LogP contribution in [0.2, 0.25) is 0 Å². The standard InChI is InChI=1S/C28H35FN2O5S/c1-28(2,3)23-8-5-20(17-24(23)29)30-27(33)26-22-7-6-21(36-4)16-19(22)9-12-31(26)25(32)15-18-10-13-37(34,35)14-11-18/h5-8,16-18,26H,9-15H2,1-4H3,(H,30,33). The molecule has 7 nitrogen and oxygen atoms in total. The van der Waals surface area contributed by atoms with Crippen LogP contribution in [0.3, 0.4) is 0 Å². The number of amides is 2. The summed E-state index contributed by atoms with van der Waals surface area (Å²) in [5.41, 5.74) is 2.11. The van der Waals surface area contributed by atoms with Crippen molar-refractivity contribution in [3.63, 3.8) is 0 Å². The van der Waals surface area contributed by atoms with Crippen molar-refractivity contribution in [2.45, 2.75) is 57.9 Å². The number of halogens is 1. The first-order valence-corrected chi connectivity index (χ1v) is 14.5. The van der Waals surface area contributed by atoms with Gasteiger partial charge in [-0.3, -0.25) is 9.59 Å². The van der Waals surface area contributed by atoms with Crippen LogP contribution in [0.4, 0.5) is 10.1 Å². The van der Waals surface area contributed by atoms with Gasteiger partial charge in [-0.2, -0.15) is 0 Å². The summed E-state index contributed by atoms with van der Waals surface area (Å²) in [5, 5.41) is 2.82. The largest absolute Gasteiger partial charge is 0.497 e. The zero-order valence-corrected chi connectivity index (χ0v) is 22.7. The van der Waals surface area contributed by atoms with Crippen LogP contribution in [0.5, 0.6) is 5.75 Å². The van der Waals surface area contributed by atoms with Gasteiger partial charge >= 0.3 is 0 Å². The van der Waals surface area contributed by atoms with Crippen molar-refractivity contribution in [2.24, 2.45) is 5.92 Å². The Balaban J connectivity index is 1.60. The van der Waals surface area contributed by atoms with Crippen LogP contribution in [0.15, 0.2) is 36.4 Å². The molecule has 37 heavy (non-hydrogen) atoms. The molecule has 0 bridgehead atoms. The highest BCUT2D eigenvalue weighted by Crippen LogP contribution is 2.35. The third kappa shape index (κ3) is 6.14. The van der Waals surface area contributed by atoms with Crippen LogP contribution >= 0.6 is 0 Å². The molecule has 1 atom stereocenters. The number of methoxy groups -OCH3 is 1. The molecule has 1 N–H and O–H groups in total. The zero-order valence-electron chi connectivity index (χ0n) is 21.8. The Morgan fingerprint density at radius 3 is 2.43 bits per heavy atom. The first-order valence-electron chi connectivity index (χ1n) is 12.7. The molecule has 1 saturated heterocycles. The SMILES string of the molecule is COc1ccc2c(c1)CCN(C(=O)CC1CCS(=O)(=O)CC1)C2C(=O)Nc1ccc(C(C)(C)C)c(F)c1. The number of carbonyl (C=O) groups is 2. The van der Waals surface area contributed by atoms with Gasteiger partial charge < -0.3 is 15.0 Å². The Labute approximate surface area is 218 Å². The molecule has 2 amide bonds. The number of nitrogens with one attached hydrogen (secondary N) is 1. The topological polar surface area (TPSA) is 92.8 Å². The van der Waals surface area contributed by atoms with Crippen molar-refractivity contribution in [2.75, 3.05) is 30.5 Å². The van der Waals surface area contributed by atoms with Gasteiger partial charge in [-0.1, -0.05) is 32.9 Å². The summed E-state index contributed by atoms with van der Waals surface area (Å²) in [6.07, 6.45) is 1.66. The maximum atomic E-state index is 14.8. The molecule has 2 heterocycles. The summed E-state index contributed by atoms with van der Waals surface area (Å²) in [6, 6.07) is 9.20. The molecule has 9 heteroatoms. The highest BCUT2D eigenvalue weighted by atomic mass is 32.2. The van der Waals surface area contributed by atoms with E-state index < -0.39 is 27.6 Å². The van der Waals surface area contributed by atoms with E-state index in [1.54, 1.807) is 36.3 Å². The van der Waals surface area contributed by atoms with Crippen molar-refractivity contribution >= 4 is 27.3 Å². The molecule has 0 aromatic heterocycles. The second-order valence-electron chi connectivity index (χ2n) is 11.0. The fourth-order valence-corrected chi connectivity index (χ4v) is 6.79. The van der Waals surface area contributed by atoms with Gasteiger partial charge in [-0.25, -0.2) is 12.8 Å². The number of nitrogens with zero attached hydrogens (tertiary/aromatic N) is 1. The first kappa shape index (κ1) is 27.1.